The van der Waals surface area contributed by atoms with E-state index >= 15 is 0 Å². The smallest absolute Gasteiger partial charge is 0.122 e. The average Bonchev–Trinajstić information content (AvgIpc) is 2.40. The molecular formula is C15H23NO2. The summed E-state index contributed by atoms with van der Waals surface area (Å²) in [5.74, 6) is 0.937. The number of hydrogen-bond acceptors (Lipinski definition) is 3. The van der Waals surface area contributed by atoms with Gasteiger partial charge in [-0.2, -0.15) is 0 Å². The molecular weight excluding hydrogens is 226 g/mol. The highest BCUT2D eigenvalue weighted by Crippen LogP contribution is 2.35. The van der Waals surface area contributed by atoms with Crippen molar-refractivity contribution in [2.24, 2.45) is 5.41 Å². The molecule has 3 nitrogen and oxygen atoms in total. The van der Waals surface area contributed by atoms with Gasteiger partial charge in [0.05, 0.1) is 7.11 Å². The Morgan fingerprint density at radius 2 is 2.06 bits per heavy atom. The van der Waals surface area contributed by atoms with Gasteiger partial charge in [0.1, 0.15) is 5.75 Å². The monoisotopic (exact) mass is 249 g/mol. The minimum Gasteiger partial charge on any atom is -0.496 e. The van der Waals surface area contributed by atoms with Crippen molar-refractivity contribution >= 4 is 0 Å². The van der Waals surface area contributed by atoms with Crippen LogP contribution in [-0.2, 0) is 6.42 Å². The molecule has 18 heavy (non-hydrogen) atoms. The highest BCUT2D eigenvalue weighted by molar-refractivity contribution is 5.37. The van der Waals surface area contributed by atoms with Crippen molar-refractivity contribution in [1.29, 1.82) is 0 Å². The predicted octanol–water partition coefficient (Wildman–Crippen LogP) is 1.91. The molecule has 1 heterocycles. The van der Waals surface area contributed by atoms with Gasteiger partial charge in [-0.05, 0) is 50.9 Å². The van der Waals surface area contributed by atoms with Gasteiger partial charge in [-0.1, -0.05) is 17.7 Å². The second-order valence-electron chi connectivity index (χ2n) is 5.40. The zero-order chi connectivity index (χ0) is 13.0. The molecule has 2 N–H and O–H groups in total. The second kappa shape index (κ2) is 5.72. The lowest BCUT2D eigenvalue weighted by Gasteiger charge is -2.36. The zero-order valence-electron chi connectivity index (χ0n) is 11.3. The Balaban J connectivity index is 2.23. The number of aryl methyl sites for hydroxylation is 1. The van der Waals surface area contributed by atoms with Gasteiger partial charge in [-0.3, -0.25) is 0 Å². The van der Waals surface area contributed by atoms with E-state index in [9.17, 15) is 5.11 Å². The molecule has 0 saturated carbocycles. The summed E-state index contributed by atoms with van der Waals surface area (Å²) >= 11 is 0. The topological polar surface area (TPSA) is 41.5 Å². The van der Waals surface area contributed by atoms with Crippen LogP contribution in [0, 0.1) is 12.3 Å². The summed E-state index contributed by atoms with van der Waals surface area (Å²) in [7, 11) is 1.71. The van der Waals surface area contributed by atoms with Gasteiger partial charge in [0, 0.05) is 12.0 Å². The number of methoxy groups -OCH3 is 1. The quantitative estimate of drug-likeness (QED) is 0.856. The Labute approximate surface area is 109 Å². The van der Waals surface area contributed by atoms with Crippen LogP contribution in [-0.4, -0.2) is 31.9 Å². The van der Waals surface area contributed by atoms with E-state index in [-0.39, 0.29) is 12.0 Å². The maximum atomic E-state index is 9.77. The Hall–Kier alpha value is -1.06. The fraction of sp³-hybridized carbons (Fsp3) is 0.600. The molecule has 0 spiro atoms. The number of rotatable bonds is 4. The molecule has 1 aliphatic rings. The summed E-state index contributed by atoms with van der Waals surface area (Å²) in [4.78, 5) is 0. The van der Waals surface area contributed by atoms with Crippen molar-refractivity contribution in [2.75, 3.05) is 26.8 Å². The van der Waals surface area contributed by atoms with Crippen molar-refractivity contribution < 1.29 is 9.84 Å². The normalized spacial score (nSPS) is 18.6. The lowest BCUT2D eigenvalue weighted by Crippen LogP contribution is -2.40. The van der Waals surface area contributed by atoms with Crippen LogP contribution in [0.25, 0.3) is 0 Å². The predicted molar refractivity (Wildman–Crippen MR) is 73.1 cm³/mol. The summed E-state index contributed by atoms with van der Waals surface area (Å²) in [5.41, 5.74) is 2.48. The fourth-order valence-corrected chi connectivity index (χ4v) is 2.80. The zero-order valence-corrected chi connectivity index (χ0v) is 11.3. The number of hydrogen-bond donors (Lipinski definition) is 2. The van der Waals surface area contributed by atoms with E-state index in [2.05, 4.69) is 24.4 Å². The second-order valence-corrected chi connectivity index (χ2v) is 5.40. The minimum absolute atomic E-state index is 0.0202. The molecule has 0 aliphatic carbocycles. The summed E-state index contributed by atoms with van der Waals surface area (Å²) in [6, 6.07) is 6.27. The van der Waals surface area contributed by atoms with E-state index in [0.29, 0.717) is 0 Å². The lowest BCUT2D eigenvalue weighted by atomic mass is 9.74. The lowest BCUT2D eigenvalue weighted by molar-refractivity contribution is 0.0886. The van der Waals surface area contributed by atoms with Crippen molar-refractivity contribution in [3.63, 3.8) is 0 Å². The highest BCUT2D eigenvalue weighted by Gasteiger charge is 2.32. The molecule has 1 fully saturated rings. The first-order valence-electron chi connectivity index (χ1n) is 6.64. The highest BCUT2D eigenvalue weighted by atomic mass is 16.5. The molecule has 1 aromatic rings. The Kier molecular flexibility index (Phi) is 4.25. The van der Waals surface area contributed by atoms with Crippen LogP contribution in [0.5, 0.6) is 5.75 Å². The number of aliphatic hydroxyl groups is 1. The molecule has 0 atom stereocenters. The third kappa shape index (κ3) is 2.85. The van der Waals surface area contributed by atoms with Crippen molar-refractivity contribution in [3.8, 4) is 5.75 Å². The third-order valence-corrected chi connectivity index (χ3v) is 4.00. The van der Waals surface area contributed by atoms with E-state index in [1.807, 2.05) is 6.07 Å². The molecule has 0 aromatic heterocycles. The van der Waals surface area contributed by atoms with Gasteiger partial charge in [0.2, 0.25) is 0 Å². The minimum atomic E-state index is 0.0202. The molecule has 0 bridgehead atoms. The fourth-order valence-electron chi connectivity index (χ4n) is 2.80. The summed E-state index contributed by atoms with van der Waals surface area (Å²) in [6.07, 6.45) is 2.96. The number of ether oxygens (including phenoxy) is 1. The molecule has 1 aliphatic heterocycles. The molecule has 0 radical (unpaired) electrons. The van der Waals surface area contributed by atoms with E-state index in [1.165, 1.54) is 11.1 Å². The van der Waals surface area contributed by atoms with E-state index in [4.69, 9.17) is 4.74 Å². The Morgan fingerprint density at radius 3 is 2.67 bits per heavy atom. The number of benzene rings is 1. The number of aliphatic hydroxyl groups excluding tert-OH is 1. The van der Waals surface area contributed by atoms with Crippen LogP contribution >= 0.6 is 0 Å². The maximum absolute atomic E-state index is 9.77. The first kappa shape index (κ1) is 13.4. The first-order valence-corrected chi connectivity index (χ1v) is 6.64. The largest absolute Gasteiger partial charge is 0.496 e. The van der Waals surface area contributed by atoms with E-state index in [1.54, 1.807) is 7.11 Å². The van der Waals surface area contributed by atoms with Crippen LogP contribution in [0.3, 0.4) is 0 Å². The maximum Gasteiger partial charge on any atom is 0.122 e. The summed E-state index contributed by atoms with van der Waals surface area (Å²) < 4.78 is 5.43. The molecule has 1 aromatic carbocycles. The average molecular weight is 249 g/mol. The Morgan fingerprint density at radius 1 is 1.33 bits per heavy atom. The standard InChI is InChI=1S/C15H23NO2/c1-12-3-4-14(18-2)13(9-12)10-15(11-17)5-7-16-8-6-15/h3-4,9,16-17H,5-8,10-11H2,1-2H3. The molecule has 3 heteroatoms. The van der Waals surface area contributed by atoms with Gasteiger partial charge < -0.3 is 15.2 Å². The first-order chi connectivity index (χ1) is 8.69. The van der Waals surface area contributed by atoms with Crippen molar-refractivity contribution in [1.82, 2.24) is 5.32 Å². The molecule has 2 rings (SSSR count). The van der Waals surface area contributed by atoms with E-state index in [0.717, 1.165) is 38.1 Å². The number of piperidine rings is 1. The molecule has 1 saturated heterocycles. The van der Waals surface area contributed by atoms with Gasteiger partial charge >= 0.3 is 0 Å². The van der Waals surface area contributed by atoms with Crippen molar-refractivity contribution in [2.45, 2.75) is 26.2 Å². The van der Waals surface area contributed by atoms with Gasteiger partial charge in [0.25, 0.3) is 0 Å². The van der Waals surface area contributed by atoms with Crippen LogP contribution in [0.15, 0.2) is 18.2 Å². The van der Waals surface area contributed by atoms with Gasteiger partial charge in [0.15, 0.2) is 0 Å². The van der Waals surface area contributed by atoms with E-state index < -0.39 is 0 Å². The van der Waals surface area contributed by atoms with Crippen LogP contribution in [0.2, 0.25) is 0 Å². The third-order valence-electron chi connectivity index (χ3n) is 4.00. The van der Waals surface area contributed by atoms with Crippen molar-refractivity contribution in [3.05, 3.63) is 29.3 Å². The SMILES string of the molecule is COc1ccc(C)cc1CC1(CO)CCNCC1. The molecule has 0 amide bonds. The number of nitrogens with one attached hydrogen (secondary N) is 1. The van der Waals surface area contributed by atoms with Crippen LogP contribution in [0.4, 0.5) is 0 Å². The van der Waals surface area contributed by atoms with Gasteiger partial charge in [-0.25, -0.2) is 0 Å². The molecule has 0 unspecified atom stereocenters. The van der Waals surface area contributed by atoms with Crippen LogP contribution in [0.1, 0.15) is 24.0 Å². The summed E-state index contributed by atoms with van der Waals surface area (Å²) in [5, 5.41) is 13.1. The summed E-state index contributed by atoms with van der Waals surface area (Å²) in [6.45, 7) is 4.34. The molecule has 100 valence electrons. The van der Waals surface area contributed by atoms with Crippen LogP contribution < -0.4 is 10.1 Å². The van der Waals surface area contributed by atoms with Gasteiger partial charge in [-0.15, -0.1) is 0 Å². The Bertz CT molecular complexity index is 397.